The van der Waals surface area contributed by atoms with Crippen LogP contribution in [0.25, 0.3) is 0 Å². The van der Waals surface area contributed by atoms with E-state index in [1.54, 1.807) is 12.1 Å². The topological polar surface area (TPSA) is 75.5 Å². The van der Waals surface area contributed by atoms with Gasteiger partial charge in [-0.2, -0.15) is 0 Å². The molecule has 1 saturated heterocycles. The number of nitro benzene ring substituents is 1. The van der Waals surface area contributed by atoms with Crippen LogP contribution in [0.2, 0.25) is 0 Å². The molecule has 0 aliphatic carbocycles. The van der Waals surface area contributed by atoms with Crippen LogP contribution in [0.1, 0.15) is 12.8 Å². The summed E-state index contributed by atoms with van der Waals surface area (Å²) in [4.78, 5) is 24.4. The number of anilines is 1. The molecule has 1 aromatic rings. The predicted molar refractivity (Wildman–Crippen MR) is 71.9 cm³/mol. The molecule has 1 N–H and O–H groups in total. The average Bonchev–Trinajstić information content (AvgIpc) is 2.39. The van der Waals surface area contributed by atoms with Crippen molar-refractivity contribution in [3.63, 3.8) is 0 Å². The molecule has 19 heavy (non-hydrogen) atoms. The third-order valence-corrected chi connectivity index (χ3v) is 3.32. The highest BCUT2D eigenvalue weighted by atomic mass is 16.6. The van der Waals surface area contributed by atoms with Gasteiger partial charge in [-0.05, 0) is 32.5 Å². The highest BCUT2D eigenvalue weighted by Gasteiger charge is 2.24. The van der Waals surface area contributed by atoms with Gasteiger partial charge >= 0.3 is 0 Å². The quantitative estimate of drug-likeness (QED) is 0.667. The van der Waals surface area contributed by atoms with Gasteiger partial charge in [0.15, 0.2) is 0 Å². The van der Waals surface area contributed by atoms with Gasteiger partial charge in [0, 0.05) is 24.4 Å². The van der Waals surface area contributed by atoms with Crippen molar-refractivity contribution in [3.05, 3.63) is 34.4 Å². The predicted octanol–water partition coefficient (Wildman–Crippen LogP) is 1.88. The summed E-state index contributed by atoms with van der Waals surface area (Å²) in [6.07, 6.45) is 1.87. The second-order valence-corrected chi connectivity index (χ2v) is 4.90. The summed E-state index contributed by atoms with van der Waals surface area (Å²) in [6.45, 7) is 1.75. The summed E-state index contributed by atoms with van der Waals surface area (Å²) in [5.41, 5.74) is 0.464. The van der Waals surface area contributed by atoms with Crippen LogP contribution < -0.4 is 5.32 Å². The fourth-order valence-corrected chi connectivity index (χ4v) is 2.32. The Balaban J connectivity index is 2.02. The Morgan fingerprint density at radius 2 is 2.32 bits per heavy atom. The third kappa shape index (κ3) is 3.51. The Labute approximate surface area is 111 Å². The van der Waals surface area contributed by atoms with Gasteiger partial charge in [0.1, 0.15) is 0 Å². The minimum absolute atomic E-state index is 0.0152. The van der Waals surface area contributed by atoms with Crippen LogP contribution >= 0.6 is 0 Å². The van der Waals surface area contributed by atoms with Gasteiger partial charge in [0.25, 0.3) is 5.69 Å². The number of amides is 1. The molecule has 1 aliphatic heterocycles. The van der Waals surface area contributed by atoms with Crippen molar-refractivity contribution in [2.75, 3.05) is 25.5 Å². The number of rotatable bonds is 3. The lowest BCUT2D eigenvalue weighted by molar-refractivity contribution is -0.384. The van der Waals surface area contributed by atoms with E-state index in [1.807, 2.05) is 7.05 Å². The SMILES string of the molecule is CN1CCC[C@H](C(=O)Nc2cccc([N+](=O)[O-])c2)C1. The molecule has 1 aromatic carbocycles. The number of benzene rings is 1. The zero-order chi connectivity index (χ0) is 13.8. The number of carbonyl (C=O) groups excluding carboxylic acids is 1. The summed E-state index contributed by atoms with van der Waals surface area (Å²) in [6, 6.07) is 6.02. The van der Waals surface area contributed by atoms with E-state index in [9.17, 15) is 14.9 Å². The molecule has 6 nitrogen and oxygen atoms in total. The first-order valence-corrected chi connectivity index (χ1v) is 6.30. The first kappa shape index (κ1) is 13.5. The minimum atomic E-state index is -0.468. The van der Waals surface area contributed by atoms with Crippen LogP contribution in [0, 0.1) is 16.0 Å². The van der Waals surface area contributed by atoms with Crippen molar-refractivity contribution in [3.8, 4) is 0 Å². The van der Waals surface area contributed by atoms with Gasteiger partial charge in [-0.25, -0.2) is 0 Å². The van der Waals surface area contributed by atoms with Crippen molar-refractivity contribution in [1.29, 1.82) is 0 Å². The van der Waals surface area contributed by atoms with Crippen molar-refractivity contribution >= 4 is 17.3 Å². The number of piperidine rings is 1. The Hall–Kier alpha value is -1.95. The molecule has 1 heterocycles. The lowest BCUT2D eigenvalue weighted by Gasteiger charge is -2.28. The first-order valence-electron chi connectivity index (χ1n) is 6.30. The van der Waals surface area contributed by atoms with Crippen LogP contribution in [0.3, 0.4) is 0 Å². The molecule has 0 radical (unpaired) electrons. The minimum Gasteiger partial charge on any atom is -0.326 e. The Morgan fingerprint density at radius 3 is 3.00 bits per heavy atom. The number of likely N-dealkylation sites (tertiary alicyclic amines) is 1. The molecule has 102 valence electrons. The van der Waals surface area contributed by atoms with E-state index < -0.39 is 4.92 Å². The van der Waals surface area contributed by atoms with E-state index >= 15 is 0 Å². The Bertz CT molecular complexity index is 490. The maximum atomic E-state index is 12.1. The van der Waals surface area contributed by atoms with Crippen LogP contribution in [-0.4, -0.2) is 35.9 Å². The number of hydrogen-bond acceptors (Lipinski definition) is 4. The van der Waals surface area contributed by atoms with Crippen molar-refractivity contribution in [2.24, 2.45) is 5.92 Å². The molecular weight excluding hydrogens is 246 g/mol. The standard InChI is InChI=1S/C13H17N3O3/c1-15-7-3-4-10(9-15)13(17)14-11-5-2-6-12(8-11)16(18)19/h2,5-6,8,10H,3-4,7,9H2,1H3,(H,14,17)/t10-/m0/s1. The molecular formula is C13H17N3O3. The summed E-state index contributed by atoms with van der Waals surface area (Å²) >= 11 is 0. The lowest BCUT2D eigenvalue weighted by atomic mass is 9.97. The van der Waals surface area contributed by atoms with E-state index in [1.165, 1.54) is 12.1 Å². The van der Waals surface area contributed by atoms with E-state index in [-0.39, 0.29) is 17.5 Å². The number of hydrogen-bond donors (Lipinski definition) is 1. The molecule has 0 unspecified atom stereocenters. The summed E-state index contributed by atoms with van der Waals surface area (Å²) < 4.78 is 0. The number of nitrogens with one attached hydrogen (secondary N) is 1. The fourth-order valence-electron chi connectivity index (χ4n) is 2.32. The molecule has 1 atom stereocenters. The van der Waals surface area contributed by atoms with E-state index in [2.05, 4.69) is 10.2 Å². The summed E-state index contributed by atoms with van der Waals surface area (Å²) in [7, 11) is 1.99. The molecule has 1 fully saturated rings. The molecule has 0 aromatic heterocycles. The largest absolute Gasteiger partial charge is 0.326 e. The van der Waals surface area contributed by atoms with Crippen LogP contribution in [0.4, 0.5) is 11.4 Å². The van der Waals surface area contributed by atoms with Gasteiger partial charge in [0.05, 0.1) is 10.8 Å². The zero-order valence-electron chi connectivity index (χ0n) is 10.8. The number of carbonyl (C=O) groups is 1. The summed E-state index contributed by atoms with van der Waals surface area (Å²) in [5.74, 6) is -0.106. The third-order valence-electron chi connectivity index (χ3n) is 3.32. The molecule has 2 rings (SSSR count). The number of nitro groups is 1. The molecule has 0 bridgehead atoms. The van der Waals surface area contributed by atoms with E-state index in [4.69, 9.17) is 0 Å². The van der Waals surface area contributed by atoms with Crippen LogP contribution in [0.15, 0.2) is 24.3 Å². The normalized spacial score (nSPS) is 19.9. The van der Waals surface area contributed by atoms with Crippen LogP contribution in [-0.2, 0) is 4.79 Å². The second-order valence-electron chi connectivity index (χ2n) is 4.90. The van der Waals surface area contributed by atoms with Gasteiger partial charge in [-0.3, -0.25) is 14.9 Å². The highest BCUT2D eigenvalue weighted by Crippen LogP contribution is 2.20. The molecule has 6 heteroatoms. The smallest absolute Gasteiger partial charge is 0.271 e. The zero-order valence-corrected chi connectivity index (χ0v) is 10.8. The van der Waals surface area contributed by atoms with Crippen LogP contribution in [0.5, 0.6) is 0 Å². The Kier molecular flexibility index (Phi) is 4.11. The highest BCUT2D eigenvalue weighted by molar-refractivity contribution is 5.93. The van der Waals surface area contributed by atoms with Crippen molar-refractivity contribution in [1.82, 2.24) is 4.90 Å². The fraction of sp³-hybridized carbons (Fsp3) is 0.462. The van der Waals surface area contributed by atoms with Crippen molar-refractivity contribution in [2.45, 2.75) is 12.8 Å². The maximum absolute atomic E-state index is 12.1. The number of nitrogens with zero attached hydrogens (tertiary/aromatic N) is 2. The van der Waals surface area contributed by atoms with Crippen molar-refractivity contribution < 1.29 is 9.72 Å². The molecule has 0 saturated carbocycles. The average molecular weight is 263 g/mol. The molecule has 1 amide bonds. The monoisotopic (exact) mass is 263 g/mol. The Morgan fingerprint density at radius 1 is 1.53 bits per heavy atom. The molecule has 0 spiro atoms. The number of non-ortho nitro benzene ring substituents is 1. The summed E-state index contributed by atoms with van der Waals surface area (Å²) in [5, 5.41) is 13.4. The van der Waals surface area contributed by atoms with E-state index in [0.29, 0.717) is 5.69 Å². The van der Waals surface area contributed by atoms with Gasteiger partial charge in [-0.15, -0.1) is 0 Å². The van der Waals surface area contributed by atoms with Gasteiger partial charge in [-0.1, -0.05) is 6.07 Å². The molecule has 1 aliphatic rings. The van der Waals surface area contributed by atoms with Gasteiger partial charge in [0.2, 0.25) is 5.91 Å². The van der Waals surface area contributed by atoms with Gasteiger partial charge < -0.3 is 10.2 Å². The first-order chi connectivity index (χ1) is 9.06. The van der Waals surface area contributed by atoms with E-state index in [0.717, 1.165) is 25.9 Å². The second kappa shape index (κ2) is 5.79. The maximum Gasteiger partial charge on any atom is 0.271 e. The lowest BCUT2D eigenvalue weighted by Crippen LogP contribution is -2.38.